The molecule has 0 heteroatoms. The Labute approximate surface area is 68.3 Å². The summed E-state index contributed by atoms with van der Waals surface area (Å²) in [4.78, 5) is 0. The summed E-state index contributed by atoms with van der Waals surface area (Å²) in [6.45, 7) is 2.10. The maximum Gasteiger partial charge on any atom is 0.0139 e. The molecule has 0 atom stereocenters. The number of aryl methyl sites for hydroxylation is 2. The summed E-state index contributed by atoms with van der Waals surface area (Å²) in [7, 11) is 0. The van der Waals surface area contributed by atoms with Gasteiger partial charge in [0.1, 0.15) is 0 Å². The van der Waals surface area contributed by atoms with E-state index in [4.69, 9.17) is 6.42 Å². The van der Waals surface area contributed by atoms with Crippen LogP contribution in [0.4, 0.5) is 0 Å². The zero-order valence-electron chi connectivity index (χ0n) is 6.72. The summed E-state index contributed by atoms with van der Waals surface area (Å²) in [6.07, 6.45) is 8.44. The number of rotatable bonds is 2. The van der Waals surface area contributed by atoms with Crippen molar-refractivity contribution in [2.45, 2.75) is 19.8 Å². The zero-order chi connectivity index (χ0) is 8.10. The smallest absolute Gasteiger partial charge is 0.0139 e. The molecule has 0 saturated carbocycles. The lowest BCUT2D eigenvalue weighted by molar-refractivity contribution is 1.01. The van der Waals surface area contributed by atoms with Gasteiger partial charge in [-0.05, 0) is 30.9 Å². The fraction of sp³-hybridized carbons (Fsp3) is 0.273. The molecule has 0 bridgehead atoms. The van der Waals surface area contributed by atoms with Crippen LogP contribution in [0.3, 0.4) is 0 Å². The van der Waals surface area contributed by atoms with Crippen molar-refractivity contribution < 1.29 is 0 Å². The molecule has 0 heterocycles. The summed E-state index contributed by atoms with van der Waals surface area (Å²) in [5.74, 6) is 2.39. The molecule has 0 spiro atoms. The summed E-state index contributed by atoms with van der Waals surface area (Å²) in [6, 6.07) is 8.27. The molecular weight excluding hydrogens is 132 g/mol. The summed E-state index contributed by atoms with van der Waals surface area (Å²) in [5, 5.41) is 0. The van der Waals surface area contributed by atoms with Gasteiger partial charge in [0.25, 0.3) is 0 Å². The van der Waals surface area contributed by atoms with Crippen molar-refractivity contribution in [2.24, 2.45) is 0 Å². The molecule has 0 unspecified atom stereocenters. The Kier molecular flexibility index (Phi) is 2.74. The summed E-state index contributed by atoms with van der Waals surface area (Å²) < 4.78 is 0. The van der Waals surface area contributed by atoms with Crippen molar-refractivity contribution in [3.63, 3.8) is 0 Å². The SMILES string of the molecule is [C]#CCCc1ccccc1C. The van der Waals surface area contributed by atoms with Gasteiger partial charge < -0.3 is 0 Å². The van der Waals surface area contributed by atoms with Crippen molar-refractivity contribution in [2.75, 3.05) is 0 Å². The second-order valence-electron chi connectivity index (χ2n) is 2.60. The van der Waals surface area contributed by atoms with Gasteiger partial charge in [-0.15, -0.1) is 0 Å². The first kappa shape index (κ1) is 7.88. The molecule has 0 aliphatic carbocycles. The monoisotopic (exact) mass is 143 g/mol. The van der Waals surface area contributed by atoms with Gasteiger partial charge in [-0.3, -0.25) is 0 Å². The molecule has 0 fully saturated rings. The molecule has 0 saturated heterocycles. The van der Waals surface area contributed by atoms with Crippen LogP contribution in [0.25, 0.3) is 0 Å². The highest BCUT2D eigenvalue weighted by Gasteiger charge is 1.93. The lowest BCUT2D eigenvalue weighted by Crippen LogP contribution is -1.86. The Morgan fingerprint density at radius 2 is 2.09 bits per heavy atom. The molecule has 1 radical (unpaired) electrons. The first-order valence-electron chi connectivity index (χ1n) is 3.78. The highest BCUT2D eigenvalue weighted by Crippen LogP contribution is 2.08. The van der Waals surface area contributed by atoms with E-state index in [9.17, 15) is 0 Å². The first-order valence-corrected chi connectivity index (χ1v) is 3.78. The molecule has 0 aliphatic heterocycles. The fourth-order valence-corrected chi connectivity index (χ4v) is 1.09. The van der Waals surface area contributed by atoms with Gasteiger partial charge in [0.05, 0.1) is 0 Å². The number of benzene rings is 1. The van der Waals surface area contributed by atoms with Crippen molar-refractivity contribution in [3.8, 4) is 5.92 Å². The van der Waals surface area contributed by atoms with Gasteiger partial charge in [0, 0.05) is 6.42 Å². The van der Waals surface area contributed by atoms with Crippen molar-refractivity contribution >= 4 is 0 Å². The quantitative estimate of drug-likeness (QED) is 0.558. The molecular formula is C11H11. The Hall–Kier alpha value is -1.22. The van der Waals surface area contributed by atoms with Gasteiger partial charge in [-0.1, -0.05) is 30.2 Å². The summed E-state index contributed by atoms with van der Waals surface area (Å²) in [5.41, 5.74) is 2.63. The molecule has 1 aromatic carbocycles. The fourth-order valence-electron chi connectivity index (χ4n) is 1.09. The second-order valence-corrected chi connectivity index (χ2v) is 2.60. The lowest BCUT2D eigenvalue weighted by atomic mass is 10.0. The minimum atomic E-state index is 0.727. The van der Waals surface area contributed by atoms with Crippen LogP contribution in [0, 0.1) is 19.3 Å². The van der Waals surface area contributed by atoms with E-state index < -0.39 is 0 Å². The molecule has 0 aliphatic rings. The van der Waals surface area contributed by atoms with E-state index in [0.29, 0.717) is 0 Å². The highest BCUT2D eigenvalue weighted by atomic mass is 14.0. The number of hydrogen-bond donors (Lipinski definition) is 0. The van der Waals surface area contributed by atoms with Crippen molar-refractivity contribution in [3.05, 3.63) is 41.8 Å². The predicted molar refractivity (Wildman–Crippen MR) is 46.6 cm³/mol. The van der Waals surface area contributed by atoms with Crippen molar-refractivity contribution in [1.29, 1.82) is 0 Å². The van der Waals surface area contributed by atoms with Crippen LogP contribution < -0.4 is 0 Å². The lowest BCUT2D eigenvalue weighted by Gasteiger charge is -2.00. The Morgan fingerprint density at radius 3 is 2.73 bits per heavy atom. The van der Waals surface area contributed by atoms with E-state index in [-0.39, 0.29) is 0 Å². The van der Waals surface area contributed by atoms with Gasteiger partial charge in [0.2, 0.25) is 0 Å². The molecule has 0 amide bonds. The minimum absolute atomic E-state index is 0.727. The Morgan fingerprint density at radius 1 is 1.36 bits per heavy atom. The predicted octanol–water partition coefficient (Wildman–Crippen LogP) is 2.52. The van der Waals surface area contributed by atoms with Crippen LogP contribution in [0.15, 0.2) is 24.3 Å². The van der Waals surface area contributed by atoms with Crippen LogP contribution in [-0.2, 0) is 6.42 Å². The van der Waals surface area contributed by atoms with Crippen LogP contribution in [0.5, 0.6) is 0 Å². The van der Waals surface area contributed by atoms with Crippen molar-refractivity contribution in [1.82, 2.24) is 0 Å². The average molecular weight is 143 g/mol. The molecule has 0 nitrogen and oxygen atoms in total. The normalized spacial score (nSPS) is 9.09. The standard InChI is InChI=1S/C11H11/c1-3-4-8-11-9-6-5-7-10(11)2/h5-7,9H,4,8H2,2H3. The van der Waals surface area contributed by atoms with Crippen LogP contribution >= 0.6 is 0 Å². The highest BCUT2D eigenvalue weighted by molar-refractivity contribution is 5.25. The third kappa shape index (κ3) is 2.13. The average Bonchev–Trinajstić information content (AvgIpc) is 2.03. The van der Waals surface area contributed by atoms with Gasteiger partial charge in [-0.25, -0.2) is 0 Å². The van der Waals surface area contributed by atoms with Crippen LogP contribution in [0.2, 0.25) is 0 Å². The summed E-state index contributed by atoms with van der Waals surface area (Å²) >= 11 is 0. The van der Waals surface area contributed by atoms with Gasteiger partial charge in [-0.2, -0.15) is 0 Å². The van der Waals surface area contributed by atoms with Crippen LogP contribution in [-0.4, -0.2) is 0 Å². The second kappa shape index (κ2) is 3.83. The molecule has 1 rings (SSSR count). The largest absolute Gasteiger partial charge is 0.0888 e. The zero-order valence-corrected chi connectivity index (χ0v) is 6.72. The first-order chi connectivity index (χ1) is 5.34. The molecule has 1 aromatic rings. The Bertz CT molecular complexity index is 266. The van der Waals surface area contributed by atoms with E-state index in [1.807, 2.05) is 12.1 Å². The topological polar surface area (TPSA) is 0 Å². The van der Waals surface area contributed by atoms with E-state index in [1.165, 1.54) is 11.1 Å². The van der Waals surface area contributed by atoms with Gasteiger partial charge in [0.15, 0.2) is 0 Å². The van der Waals surface area contributed by atoms with E-state index in [2.05, 4.69) is 25.0 Å². The van der Waals surface area contributed by atoms with E-state index in [0.717, 1.165) is 12.8 Å². The third-order valence-corrected chi connectivity index (χ3v) is 1.78. The minimum Gasteiger partial charge on any atom is -0.0888 e. The Balaban J connectivity index is 2.71. The maximum atomic E-state index is 6.77. The van der Waals surface area contributed by atoms with Crippen LogP contribution in [0.1, 0.15) is 17.5 Å². The number of hydrogen-bond acceptors (Lipinski definition) is 0. The van der Waals surface area contributed by atoms with E-state index >= 15 is 0 Å². The maximum absolute atomic E-state index is 6.77. The van der Waals surface area contributed by atoms with E-state index in [1.54, 1.807) is 0 Å². The molecule has 11 heavy (non-hydrogen) atoms. The third-order valence-electron chi connectivity index (χ3n) is 1.78. The molecule has 0 aromatic heterocycles. The molecule has 55 valence electrons. The molecule has 0 N–H and O–H groups in total. The van der Waals surface area contributed by atoms with Gasteiger partial charge >= 0.3 is 0 Å².